The van der Waals surface area contributed by atoms with Crippen molar-refractivity contribution in [3.05, 3.63) is 41.2 Å². The van der Waals surface area contributed by atoms with Crippen LogP contribution in [-0.2, 0) is 6.61 Å². The third kappa shape index (κ3) is 2.99. The lowest BCUT2D eigenvalue weighted by molar-refractivity contribution is 0.111. The standard InChI is InChI=1S/C14H17N3O2/c1-10(2)17-14(13(8-18)15-16-17)9-19-12-6-4-11(3)5-7-12/h4-8,10H,9H2,1-3H3. The topological polar surface area (TPSA) is 57.0 Å². The minimum absolute atomic E-state index is 0.137. The van der Waals surface area contributed by atoms with Gasteiger partial charge in [0.05, 0.1) is 0 Å². The van der Waals surface area contributed by atoms with Gasteiger partial charge in [0, 0.05) is 6.04 Å². The number of aryl methyl sites for hydroxylation is 1. The molecule has 0 saturated heterocycles. The summed E-state index contributed by atoms with van der Waals surface area (Å²) in [7, 11) is 0. The molecule has 0 unspecified atom stereocenters. The fraction of sp³-hybridized carbons (Fsp3) is 0.357. The van der Waals surface area contributed by atoms with E-state index in [1.165, 1.54) is 5.56 Å². The first kappa shape index (κ1) is 13.3. The highest BCUT2D eigenvalue weighted by atomic mass is 16.5. The summed E-state index contributed by atoms with van der Waals surface area (Å²) < 4.78 is 7.39. The van der Waals surface area contributed by atoms with E-state index in [1.54, 1.807) is 4.68 Å². The molecule has 0 aliphatic heterocycles. The van der Waals surface area contributed by atoms with E-state index in [1.807, 2.05) is 45.0 Å². The van der Waals surface area contributed by atoms with Gasteiger partial charge in [0.15, 0.2) is 12.0 Å². The molecule has 0 atom stereocenters. The second kappa shape index (κ2) is 5.65. The van der Waals surface area contributed by atoms with Crippen LogP contribution in [0.3, 0.4) is 0 Å². The van der Waals surface area contributed by atoms with E-state index in [0.717, 1.165) is 5.75 Å². The van der Waals surface area contributed by atoms with Crippen LogP contribution in [0, 0.1) is 6.92 Å². The minimum atomic E-state index is 0.137. The summed E-state index contributed by atoms with van der Waals surface area (Å²) in [5.74, 6) is 0.763. The molecule has 0 saturated carbocycles. The molecule has 0 fully saturated rings. The number of aldehydes is 1. The molecule has 0 N–H and O–H groups in total. The number of benzene rings is 1. The molecule has 0 amide bonds. The van der Waals surface area contributed by atoms with E-state index < -0.39 is 0 Å². The van der Waals surface area contributed by atoms with Crippen LogP contribution in [0.25, 0.3) is 0 Å². The maximum atomic E-state index is 10.9. The van der Waals surface area contributed by atoms with Crippen molar-refractivity contribution >= 4 is 6.29 Å². The number of hydrogen-bond acceptors (Lipinski definition) is 4. The lowest BCUT2D eigenvalue weighted by Crippen LogP contribution is -2.11. The van der Waals surface area contributed by atoms with Gasteiger partial charge >= 0.3 is 0 Å². The van der Waals surface area contributed by atoms with Crippen LogP contribution in [0.4, 0.5) is 0 Å². The summed E-state index contributed by atoms with van der Waals surface area (Å²) >= 11 is 0. The second-order valence-electron chi connectivity index (χ2n) is 4.68. The van der Waals surface area contributed by atoms with Crippen molar-refractivity contribution in [1.29, 1.82) is 0 Å². The summed E-state index contributed by atoms with van der Waals surface area (Å²) in [6, 6.07) is 7.90. The Hall–Kier alpha value is -2.17. The third-order valence-corrected chi connectivity index (χ3v) is 2.82. The SMILES string of the molecule is Cc1ccc(OCc2c(C=O)nnn2C(C)C)cc1. The minimum Gasteiger partial charge on any atom is -0.487 e. The highest BCUT2D eigenvalue weighted by Crippen LogP contribution is 2.16. The first-order valence-corrected chi connectivity index (χ1v) is 6.20. The van der Waals surface area contributed by atoms with E-state index in [9.17, 15) is 4.79 Å². The lowest BCUT2D eigenvalue weighted by Gasteiger charge is -2.11. The molecule has 0 bridgehead atoms. The number of hydrogen-bond donors (Lipinski definition) is 0. The molecule has 5 heteroatoms. The highest BCUT2D eigenvalue weighted by Gasteiger charge is 2.14. The predicted octanol–water partition coefficient (Wildman–Crippen LogP) is 2.56. The number of rotatable bonds is 5. The molecule has 2 rings (SSSR count). The molecule has 1 aromatic heterocycles. The molecule has 5 nitrogen and oxygen atoms in total. The van der Waals surface area contributed by atoms with E-state index in [2.05, 4.69) is 10.3 Å². The monoisotopic (exact) mass is 259 g/mol. The van der Waals surface area contributed by atoms with Gasteiger partial charge in [-0.1, -0.05) is 22.9 Å². The highest BCUT2D eigenvalue weighted by molar-refractivity contribution is 5.73. The maximum absolute atomic E-state index is 10.9. The maximum Gasteiger partial charge on any atom is 0.172 e. The quantitative estimate of drug-likeness (QED) is 0.774. The van der Waals surface area contributed by atoms with Crippen LogP contribution < -0.4 is 4.74 Å². The Balaban J connectivity index is 2.16. The summed E-state index contributed by atoms with van der Waals surface area (Å²) in [5.41, 5.74) is 2.21. The fourth-order valence-electron chi connectivity index (χ4n) is 1.76. The van der Waals surface area contributed by atoms with E-state index >= 15 is 0 Å². The van der Waals surface area contributed by atoms with Gasteiger partial charge in [0.25, 0.3) is 0 Å². The normalized spacial score (nSPS) is 10.7. The summed E-state index contributed by atoms with van der Waals surface area (Å²) in [6.45, 7) is 6.27. The van der Waals surface area contributed by atoms with Gasteiger partial charge in [-0.05, 0) is 32.9 Å². The predicted molar refractivity (Wildman–Crippen MR) is 71.3 cm³/mol. The van der Waals surface area contributed by atoms with Gasteiger partial charge in [0.2, 0.25) is 0 Å². The largest absolute Gasteiger partial charge is 0.487 e. The fourth-order valence-corrected chi connectivity index (χ4v) is 1.76. The van der Waals surface area contributed by atoms with E-state index in [0.29, 0.717) is 17.7 Å². The molecule has 0 aliphatic rings. The molecule has 19 heavy (non-hydrogen) atoms. The molecule has 1 aromatic carbocycles. The van der Waals surface area contributed by atoms with Crippen LogP contribution in [0.2, 0.25) is 0 Å². The Morgan fingerprint density at radius 3 is 2.58 bits per heavy atom. The van der Waals surface area contributed by atoms with Crippen LogP contribution in [0.1, 0.15) is 41.6 Å². The Morgan fingerprint density at radius 2 is 2.00 bits per heavy atom. The van der Waals surface area contributed by atoms with Gasteiger partial charge in [-0.2, -0.15) is 0 Å². The molecule has 2 aromatic rings. The number of carbonyl (C=O) groups is 1. The van der Waals surface area contributed by atoms with E-state index in [-0.39, 0.29) is 12.6 Å². The van der Waals surface area contributed by atoms with Crippen LogP contribution in [0.15, 0.2) is 24.3 Å². The molecule has 0 aliphatic carbocycles. The van der Waals surface area contributed by atoms with E-state index in [4.69, 9.17) is 4.74 Å². The smallest absolute Gasteiger partial charge is 0.172 e. The average molecular weight is 259 g/mol. The molecular weight excluding hydrogens is 242 g/mol. The number of aromatic nitrogens is 3. The van der Waals surface area contributed by atoms with Crippen molar-refractivity contribution in [2.75, 3.05) is 0 Å². The first-order chi connectivity index (χ1) is 9.11. The molecule has 0 spiro atoms. The van der Waals surface area contributed by atoms with Gasteiger partial charge < -0.3 is 4.74 Å². The molecule has 100 valence electrons. The molecule has 0 radical (unpaired) electrons. The molecule has 1 heterocycles. The van der Waals surface area contributed by atoms with Crippen molar-refractivity contribution < 1.29 is 9.53 Å². The van der Waals surface area contributed by atoms with Crippen molar-refractivity contribution in [3.63, 3.8) is 0 Å². The van der Waals surface area contributed by atoms with Crippen LogP contribution >= 0.6 is 0 Å². The average Bonchev–Trinajstić information content (AvgIpc) is 2.81. The number of nitrogens with zero attached hydrogens (tertiary/aromatic N) is 3. The van der Waals surface area contributed by atoms with Gasteiger partial charge in [-0.15, -0.1) is 5.10 Å². The lowest BCUT2D eigenvalue weighted by atomic mass is 10.2. The summed E-state index contributed by atoms with van der Waals surface area (Å²) in [5, 5.41) is 7.82. The zero-order chi connectivity index (χ0) is 13.8. The van der Waals surface area contributed by atoms with Crippen molar-refractivity contribution in [2.45, 2.75) is 33.4 Å². The second-order valence-corrected chi connectivity index (χ2v) is 4.68. The summed E-state index contributed by atoms with van der Waals surface area (Å²) in [6.07, 6.45) is 0.708. The number of carbonyl (C=O) groups excluding carboxylic acids is 1. The van der Waals surface area contributed by atoms with Gasteiger partial charge in [-0.3, -0.25) is 4.79 Å². The molecular formula is C14H17N3O2. The zero-order valence-electron chi connectivity index (χ0n) is 11.3. The van der Waals surface area contributed by atoms with Crippen molar-refractivity contribution in [2.24, 2.45) is 0 Å². The van der Waals surface area contributed by atoms with Crippen LogP contribution in [0.5, 0.6) is 5.75 Å². The Morgan fingerprint density at radius 1 is 1.32 bits per heavy atom. The Labute approximate surface area is 112 Å². The summed E-state index contributed by atoms with van der Waals surface area (Å²) in [4.78, 5) is 10.9. The number of ether oxygens (including phenoxy) is 1. The Bertz CT molecular complexity index is 559. The Kier molecular flexibility index (Phi) is 3.94. The zero-order valence-corrected chi connectivity index (χ0v) is 11.3. The van der Waals surface area contributed by atoms with Gasteiger partial charge in [-0.25, -0.2) is 4.68 Å². The van der Waals surface area contributed by atoms with Gasteiger partial charge in [0.1, 0.15) is 18.1 Å². The van der Waals surface area contributed by atoms with Crippen molar-refractivity contribution in [3.8, 4) is 5.75 Å². The van der Waals surface area contributed by atoms with Crippen LogP contribution in [-0.4, -0.2) is 21.3 Å². The third-order valence-electron chi connectivity index (χ3n) is 2.82. The van der Waals surface area contributed by atoms with Crippen molar-refractivity contribution in [1.82, 2.24) is 15.0 Å². The first-order valence-electron chi connectivity index (χ1n) is 6.20.